The van der Waals surface area contributed by atoms with Gasteiger partial charge >= 0.3 is 0 Å². The van der Waals surface area contributed by atoms with Gasteiger partial charge in [0.05, 0.1) is 23.6 Å². The molecule has 19 heavy (non-hydrogen) atoms. The Morgan fingerprint density at radius 1 is 1.42 bits per heavy atom. The number of hydrogen-bond acceptors (Lipinski definition) is 4. The van der Waals surface area contributed by atoms with Crippen molar-refractivity contribution in [2.75, 3.05) is 0 Å². The lowest BCUT2D eigenvalue weighted by Gasteiger charge is -2.13. The first-order chi connectivity index (χ1) is 9.08. The molecule has 1 atom stereocenters. The highest BCUT2D eigenvalue weighted by Gasteiger charge is 2.16. The molecule has 0 bridgehead atoms. The normalized spacial score (nSPS) is 13.0. The first-order valence-corrected chi connectivity index (χ1v) is 6.90. The molecule has 6 heteroatoms. The van der Waals surface area contributed by atoms with E-state index in [0.717, 1.165) is 16.8 Å². The fourth-order valence-corrected chi connectivity index (χ4v) is 3.09. The number of nitrogens with zero attached hydrogens (tertiary/aromatic N) is 4. The smallest absolute Gasteiger partial charge is 0.271 e. The van der Waals surface area contributed by atoms with Crippen LogP contribution in [0.15, 0.2) is 28.8 Å². The third-order valence-corrected chi connectivity index (χ3v) is 4.20. The number of fused-ring (bicyclic) bond motifs is 1. The lowest BCUT2D eigenvalue weighted by Crippen LogP contribution is -2.23. The zero-order chi connectivity index (χ0) is 13.6. The largest absolute Gasteiger partial charge is 0.291 e. The topological polar surface area (TPSA) is 52.7 Å². The molecular weight excluding hydrogens is 260 g/mol. The number of aromatic nitrogens is 4. The quantitative estimate of drug-likeness (QED) is 0.719. The van der Waals surface area contributed by atoms with Gasteiger partial charge in [0.15, 0.2) is 0 Å². The molecule has 0 saturated carbocycles. The minimum absolute atomic E-state index is 0.00996. The molecule has 3 rings (SSSR count). The number of thiophene rings is 1. The lowest BCUT2D eigenvalue weighted by molar-refractivity contribution is 0.606. The van der Waals surface area contributed by atoms with Crippen LogP contribution < -0.4 is 5.56 Å². The van der Waals surface area contributed by atoms with Crippen LogP contribution in [0, 0.1) is 6.92 Å². The maximum absolute atomic E-state index is 12.4. The molecule has 5 nitrogen and oxygen atoms in total. The highest BCUT2D eigenvalue weighted by molar-refractivity contribution is 7.17. The molecule has 0 spiro atoms. The van der Waals surface area contributed by atoms with Gasteiger partial charge in [-0.05, 0) is 25.3 Å². The fourth-order valence-electron chi connectivity index (χ4n) is 2.31. The Morgan fingerprint density at radius 2 is 2.21 bits per heavy atom. The maximum atomic E-state index is 12.4. The molecule has 0 aliphatic heterocycles. The monoisotopic (exact) mass is 274 g/mol. The molecule has 0 radical (unpaired) electrons. The summed E-state index contributed by atoms with van der Waals surface area (Å²) in [5.41, 5.74) is 2.76. The van der Waals surface area contributed by atoms with E-state index in [0.29, 0.717) is 4.70 Å². The summed E-state index contributed by atoms with van der Waals surface area (Å²) in [6, 6.07) is 1.80. The van der Waals surface area contributed by atoms with Crippen molar-refractivity contribution in [2.45, 2.75) is 19.9 Å². The summed E-state index contributed by atoms with van der Waals surface area (Å²) in [4.78, 5) is 16.8. The van der Waals surface area contributed by atoms with Crippen molar-refractivity contribution < 1.29 is 0 Å². The Morgan fingerprint density at radius 3 is 2.89 bits per heavy atom. The third-order valence-electron chi connectivity index (χ3n) is 3.31. The van der Waals surface area contributed by atoms with E-state index >= 15 is 0 Å². The van der Waals surface area contributed by atoms with Crippen molar-refractivity contribution in [1.82, 2.24) is 19.3 Å². The summed E-state index contributed by atoms with van der Waals surface area (Å²) in [7, 11) is 1.88. The van der Waals surface area contributed by atoms with Gasteiger partial charge in [0.1, 0.15) is 4.70 Å². The third kappa shape index (κ3) is 1.88. The Bertz CT molecular complexity index is 798. The van der Waals surface area contributed by atoms with Gasteiger partial charge in [-0.2, -0.15) is 5.10 Å². The predicted octanol–water partition coefficient (Wildman–Crippen LogP) is 2.11. The Kier molecular flexibility index (Phi) is 2.74. The first-order valence-electron chi connectivity index (χ1n) is 6.02. The van der Waals surface area contributed by atoms with Crippen molar-refractivity contribution in [3.05, 3.63) is 45.6 Å². The molecule has 0 amide bonds. The number of hydrogen-bond donors (Lipinski definition) is 0. The van der Waals surface area contributed by atoms with E-state index in [9.17, 15) is 4.79 Å². The fraction of sp³-hybridized carbons (Fsp3) is 0.308. The van der Waals surface area contributed by atoms with E-state index in [1.165, 1.54) is 11.3 Å². The standard InChI is InChI=1S/C13H14N4OS/c1-8-10(6-16(3)15-8)9(2)17-7-14-11-4-5-19-12(11)13(17)18/h4-7,9H,1-3H3/t9-/m0/s1. The van der Waals surface area contributed by atoms with E-state index in [1.54, 1.807) is 15.6 Å². The zero-order valence-corrected chi connectivity index (χ0v) is 11.8. The molecule has 3 aromatic heterocycles. The van der Waals surface area contributed by atoms with Crippen LogP contribution in [0.5, 0.6) is 0 Å². The average molecular weight is 274 g/mol. The summed E-state index contributed by atoms with van der Waals surface area (Å²) < 4.78 is 4.14. The molecule has 0 aromatic carbocycles. The average Bonchev–Trinajstić information content (AvgIpc) is 2.96. The molecule has 0 fully saturated rings. The van der Waals surface area contributed by atoms with Crippen LogP contribution in [0.4, 0.5) is 0 Å². The van der Waals surface area contributed by atoms with Crippen molar-refractivity contribution in [1.29, 1.82) is 0 Å². The molecule has 0 saturated heterocycles. The molecule has 0 aliphatic carbocycles. The summed E-state index contributed by atoms with van der Waals surface area (Å²) in [6.45, 7) is 3.94. The van der Waals surface area contributed by atoms with Crippen LogP contribution in [0.3, 0.4) is 0 Å². The van der Waals surface area contributed by atoms with Crippen LogP contribution in [0.2, 0.25) is 0 Å². The second-order valence-corrected chi connectivity index (χ2v) is 5.53. The van der Waals surface area contributed by atoms with Crippen LogP contribution in [-0.2, 0) is 7.05 Å². The van der Waals surface area contributed by atoms with Gasteiger partial charge in [-0.25, -0.2) is 4.98 Å². The van der Waals surface area contributed by atoms with Gasteiger partial charge in [-0.15, -0.1) is 11.3 Å². The van der Waals surface area contributed by atoms with Crippen molar-refractivity contribution in [2.24, 2.45) is 7.05 Å². The zero-order valence-electron chi connectivity index (χ0n) is 11.0. The SMILES string of the molecule is Cc1nn(C)cc1[C@H](C)n1cnc2ccsc2c1=O. The van der Waals surface area contributed by atoms with E-state index in [-0.39, 0.29) is 11.6 Å². The molecular formula is C13H14N4OS. The molecule has 0 aliphatic rings. The first kappa shape index (κ1) is 12.1. The highest BCUT2D eigenvalue weighted by Crippen LogP contribution is 2.20. The van der Waals surface area contributed by atoms with Gasteiger partial charge in [-0.3, -0.25) is 14.0 Å². The van der Waals surface area contributed by atoms with Crippen LogP contribution in [0.1, 0.15) is 24.2 Å². The van der Waals surface area contributed by atoms with E-state index in [1.807, 2.05) is 38.5 Å². The van der Waals surface area contributed by atoms with Crippen molar-refractivity contribution in [3.8, 4) is 0 Å². The Hall–Kier alpha value is -1.95. The second-order valence-electron chi connectivity index (χ2n) is 4.61. The maximum Gasteiger partial charge on any atom is 0.271 e. The minimum Gasteiger partial charge on any atom is -0.291 e. The summed E-state index contributed by atoms with van der Waals surface area (Å²) in [5, 5.41) is 6.22. The van der Waals surface area contributed by atoms with E-state index < -0.39 is 0 Å². The van der Waals surface area contributed by atoms with Gasteiger partial charge in [0.25, 0.3) is 5.56 Å². The lowest BCUT2D eigenvalue weighted by atomic mass is 10.1. The van der Waals surface area contributed by atoms with Crippen LogP contribution >= 0.6 is 11.3 Å². The van der Waals surface area contributed by atoms with Crippen molar-refractivity contribution >= 4 is 21.6 Å². The van der Waals surface area contributed by atoms with Crippen molar-refractivity contribution in [3.63, 3.8) is 0 Å². The van der Waals surface area contributed by atoms with Gasteiger partial charge in [0.2, 0.25) is 0 Å². The van der Waals surface area contributed by atoms with Gasteiger partial charge in [0, 0.05) is 18.8 Å². The summed E-state index contributed by atoms with van der Waals surface area (Å²) >= 11 is 1.43. The predicted molar refractivity (Wildman–Crippen MR) is 75.6 cm³/mol. The van der Waals surface area contributed by atoms with Crippen LogP contribution in [0.25, 0.3) is 10.2 Å². The van der Waals surface area contributed by atoms with Gasteiger partial charge in [-0.1, -0.05) is 0 Å². The second kappa shape index (κ2) is 4.31. The van der Waals surface area contributed by atoms with Crippen LogP contribution in [-0.4, -0.2) is 19.3 Å². The Labute approximate surface area is 114 Å². The van der Waals surface area contributed by atoms with E-state index in [4.69, 9.17) is 0 Å². The minimum atomic E-state index is -0.0693. The summed E-state index contributed by atoms with van der Waals surface area (Å²) in [5.74, 6) is 0. The number of rotatable bonds is 2. The van der Waals surface area contributed by atoms with Gasteiger partial charge < -0.3 is 0 Å². The Balaban J connectivity index is 2.16. The number of aryl methyl sites for hydroxylation is 2. The highest BCUT2D eigenvalue weighted by atomic mass is 32.1. The van der Waals surface area contributed by atoms with E-state index in [2.05, 4.69) is 10.1 Å². The summed E-state index contributed by atoms with van der Waals surface area (Å²) in [6.07, 6.45) is 3.57. The molecule has 0 unspecified atom stereocenters. The molecule has 3 aromatic rings. The molecule has 0 N–H and O–H groups in total. The molecule has 3 heterocycles. The molecule has 98 valence electrons.